The summed E-state index contributed by atoms with van der Waals surface area (Å²) in [5.74, 6) is -0.134. The first kappa shape index (κ1) is 13.8. The quantitative estimate of drug-likeness (QED) is 0.792. The molecule has 1 aromatic carbocycles. The van der Waals surface area contributed by atoms with Gasteiger partial charge in [0.2, 0.25) is 0 Å². The third-order valence-corrected chi connectivity index (χ3v) is 3.82. The predicted octanol–water partition coefficient (Wildman–Crippen LogP) is 3.15. The smallest absolute Gasteiger partial charge is 0.336 e. The fraction of sp³-hybridized carbons (Fsp3) is 0.0769. The van der Waals surface area contributed by atoms with Gasteiger partial charge in [-0.15, -0.1) is 4.40 Å². The number of halogens is 1. The number of nitrogens with one attached hydrogen (secondary N) is 1. The van der Waals surface area contributed by atoms with Crippen molar-refractivity contribution in [3.63, 3.8) is 0 Å². The summed E-state index contributed by atoms with van der Waals surface area (Å²) < 4.78 is 44.9. The van der Waals surface area contributed by atoms with Gasteiger partial charge in [-0.2, -0.15) is 0 Å². The highest BCUT2D eigenvalue weighted by atomic mass is 32.3. The minimum Gasteiger partial charge on any atom is -0.419 e. The Morgan fingerprint density at radius 1 is 1.19 bits per heavy atom. The molecule has 3 rings (SSSR count). The molecule has 1 aliphatic heterocycles. The molecular weight excluding hydrogens is 299 g/mol. The summed E-state index contributed by atoms with van der Waals surface area (Å²) in [6.07, 6.45) is -1.75. The number of benzene rings is 1. The second-order valence-corrected chi connectivity index (χ2v) is 5.79. The van der Waals surface area contributed by atoms with Gasteiger partial charge in [-0.3, -0.25) is 13.8 Å². The molecule has 1 atom stereocenters. The first-order valence-electron chi connectivity index (χ1n) is 5.95. The zero-order chi connectivity index (χ0) is 15.0. The van der Waals surface area contributed by atoms with E-state index >= 15 is 0 Å². The Bertz CT molecular complexity index is 760. The minimum atomic E-state index is -3.58. The maximum Gasteiger partial charge on any atom is 0.336 e. The van der Waals surface area contributed by atoms with Crippen molar-refractivity contribution in [2.75, 3.05) is 4.72 Å². The van der Waals surface area contributed by atoms with Gasteiger partial charge >= 0.3 is 5.63 Å². The van der Waals surface area contributed by atoms with Crippen molar-refractivity contribution in [1.82, 2.24) is 0 Å². The Morgan fingerprint density at radius 3 is 2.62 bits per heavy atom. The van der Waals surface area contributed by atoms with Crippen molar-refractivity contribution in [2.45, 2.75) is 6.17 Å². The van der Waals surface area contributed by atoms with E-state index in [1.807, 2.05) is 0 Å². The summed E-state index contributed by atoms with van der Waals surface area (Å²) in [5.41, 5.74) is -0.626. The molecule has 3 N–H and O–H groups in total. The lowest BCUT2D eigenvalue weighted by atomic mass is 10.0. The fourth-order valence-corrected chi connectivity index (χ4v) is 2.93. The SMILES string of the molecule is O=c1ccc2c(o1)C([C@H](F)c1ccccc1)=NS(O)(O)N2. The van der Waals surface area contributed by atoms with E-state index in [-0.39, 0.29) is 22.7 Å². The maximum absolute atomic E-state index is 14.6. The Hall–Kier alpha value is -2.16. The lowest BCUT2D eigenvalue weighted by molar-refractivity contribution is 0.423. The minimum absolute atomic E-state index is 0.109. The number of hydrogen-bond donors (Lipinski definition) is 3. The first-order valence-corrected chi connectivity index (χ1v) is 7.46. The van der Waals surface area contributed by atoms with Crippen LogP contribution in [-0.2, 0) is 0 Å². The van der Waals surface area contributed by atoms with Gasteiger partial charge < -0.3 is 4.42 Å². The summed E-state index contributed by atoms with van der Waals surface area (Å²) in [6.45, 7) is 0. The van der Waals surface area contributed by atoms with Gasteiger partial charge in [0.05, 0.1) is 0 Å². The van der Waals surface area contributed by atoms with Crippen molar-refractivity contribution in [1.29, 1.82) is 0 Å². The topological polar surface area (TPSA) is 95.1 Å². The van der Waals surface area contributed by atoms with Crippen molar-refractivity contribution in [2.24, 2.45) is 4.40 Å². The number of alkyl halides is 1. The Labute approximate surface area is 120 Å². The molecule has 2 heterocycles. The van der Waals surface area contributed by atoms with Crippen LogP contribution >= 0.6 is 11.0 Å². The van der Waals surface area contributed by atoms with Crippen LogP contribution in [0, 0.1) is 0 Å². The van der Waals surface area contributed by atoms with E-state index in [0.717, 1.165) is 6.07 Å². The Balaban J connectivity index is 2.14. The first-order chi connectivity index (χ1) is 9.96. The average molecular weight is 310 g/mol. The molecule has 110 valence electrons. The van der Waals surface area contributed by atoms with Crippen LogP contribution in [0.4, 0.5) is 10.1 Å². The number of fused-ring (bicyclic) bond motifs is 1. The van der Waals surface area contributed by atoms with E-state index in [4.69, 9.17) is 4.42 Å². The standard InChI is InChI=1S/C13H11FN2O4S/c14-11(8-4-2-1-3-5-8)12-13-9(6-7-10(17)20-13)15-21(18,19)16-12/h1-7,11,15,18-19H/t11-/m1/s1. The van der Waals surface area contributed by atoms with Crippen LogP contribution in [0.1, 0.15) is 17.5 Å². The molecule has 21 heavy (non-hydrogen) atoms. The van der Waals surface area contributed by atoms with Crippen LogP contribution in [0.5, 0.6) is 0 Å². The molecule has 0 bridgehead atoms. The molecule has 0 saturated heterocycles. The molecule has 1 aliphatic rings. The molecule has 0 spiro atoms. The largest absolute Gasteiger partial charge is 0.419 e. The number of rotatable bonds is 2. The average Bonchev–Trinajstić information content (AvgIpc) is 2.46. The second kappa shape index (κ2) is 4.99. The van der Waals surface area contributed by atoms with E-state index in [0.29, 0.717) is 0 Å². The van der Waals surface area contributed by atoms with Gasteiger partial charge in [0.1, 0.15) is 11.4 Å². The Kier molecular flexibility index (Phi) is 3.28. The van der Waals surface area contributed by atoms with E-state index in [9.17, 15) is 18.3 Å². The van der Waals surface area contributed by atoms with Gasteiger partial charge in [0.25, 0.3) is 0 Å². The van der Waals surface area contributed by atoms with Crippen molar-refractivity contribution < 1.29 is 17.9 Å². The third-order valence-electron chi connectivity index (χ3n) is 2.87. The lowest BCUT2D eigenvalue weighted by Gasteiger charge is -2.33. The van der Waals surface area contributed by atoms with Crippen LogP contribution in [0.2, 0.25) is 0 Å². The van der Waals surface area contributed by atoms with Crippen molar-refractivity contribution in [3.8, 4) is 0 Å². The number of anilines is 1. The van der Waals surface area contributed by atoms with E-state index < -0.39 is 22.8 Å². The van der Waals surface area contributed by atoms with Gasteiger partial charge in [-0.25, -0.2) is 9.18 Å². The summed E-state index contributed by atoms with van der Waals surface area (Å²) in [6, 6.07) is 10.5. The van der Waals surface area contributed by atoms with E-state index in [1.165, 1.54) is 18.2 Å². The molecular formula is C13H11FN2O4S. The lowest BCUT2D eigenvalue weighted by Crippen LogP contribution is -2.23. The van der Waals surface area contributed by atoms with Crippen LogP contribution < -0.4 is 10.3 Å². The van der Waals surface area contributed by atoms with Gasteiger partial charge in [0.15, 0.2) is 11.9 Å². The molecule has 8 heteroatoms. The van der Waals surface area contributed by atoms with Gasteiger partial charge in [0, 0.05) is 6.07 Å². The molecule has 1 aromatic heterocycles. The second-order valence-electron chi connectivity index (χ2n) is 4.37. The number of hydrogen-bond acceptors (Lipinski definition) is 6. The van der Waals surface area contributed by atoms with Gasteiger partial charge in [-0.05, 0) is 22.6 Å². The predicted molar refractivity (Wildman–Crippen MR) is 78.3 cm³/mol. The highest BCUT2D eigenvalue weighted by Crippen LogP contribution is 2.47. The van der Waals surface area contributed by atoms with Crippen LogP contribution in [0.25, 0.3) is 0 Å². The molecule has 0 fully saturated rings. The van der Waals surface area contributed by atoms with Crippen LogP contribution in [0.3, 0.4) is 0 Å². The highest BCUT2D eigenvalue weighted by Gasteiger charge is 2.32. The maximum atomic E-state index is 14.6. The molecule has 0 saturated carbocycles. The normalized spacial score (nSPS) is 18.9. The van der Waals surface area contributed by atoms with E-state index in [1.54, 1.807) is 18.2 Å². The summed E-state index contributed by atoms with van der Waals surface area (Å²) >= 11 is 0. The highest BCUT2D eigenvalue weighted by molar-refractivity contribution is 8.24. The molecule has 0 unspecified atom stereocenters. The van der Waals surface area contributed by atoms with Crippen molar-refractivity contribution >= 4 is 22.4 Å². The fourth-order valence-electron chi connectivity index (χ4n) is 1.98. The molecule has 0 aliphatic carbocycles. The summed E-state index contributed by atoms with van der Waals surface area (Å²) in [7, 11) is -3.58. The third kappa shape index (κ3) is 2.68. The molecule has 6 nitrogen and oxygen atoms in total. The Morgan fingerprint density at radius 2 is 1.90 bits per heavy atom. The van der Waals surface area contributed by atoms with Crippen LogP contribution in [0.15, 0.2) is 56.1 Å². The summed E-state index contributed by atoms with van der Waals surface area (Å²) in [5, 5.41) is 0. The monoisotopic (exact) mass is 310 g/mol. The zero-order valence-corrected chi connectivity index (χ0v) is 11.4. The van der Waals surface area contributed by atoms with Gasteiger partial charge in [-0.1, -0.05) is 30.3 Å². The molecule has 0 amide bonds. The summed E-state index contributed by atoms with van der Waals surface area (Å²) in [4.78, 5) is 11.3. The molecule has 2 aromatic rings. The van der Waals surface area contributed by atoms with Crippen LogP contribution in [-0.4, -0.2) is 14.8 Å². The van der Waals surface area contributed by atoms with E-state index in [2.05, 4.69) is 9.12 Å². The van der Waals surface area contributed by atoms with Crippen molar-refractivity contribution in [3.05, 3.63) is 64.2 Å². The number of nitrogens with zero attached hydrogens (tertiary/aromatic N) is 1. The molecule has 0 radical (unpaired) electrons. The zero-order valence-electron chi connectivity index (χ0n) is 10.6.